The molecule has 5 nitrogen and oxygen atoms in total. The molecule has 0 bridgehead atoms. The lowest BCUT2D eigenvalue weighted by molar-refractivity contribution is 0.0724. The molecule has 1 N–H and O–H groups in total. The molecule has 0 saturated carbocycles. The van der Waals surface area contributed by atoms with Crippen LogP contribution in [0.15, 0.2) is 42.5 Å². The molecule has 0 aromatic heterocycles. The third-order valence-corrected chi connectivity index (χ3v) is 4.86. The Labute approximate surface area is 159 Å². The molecule has 1 amide bonds. The van der Waals surface area contributed by atoms with E-state index in [4.69, 9.17) is 5.26 Å². The number of nitriles is 1. The number of likely N-dealkylation sites (tertiary alicyclic amines) is 1. The van der Waals surface area contributed by atoms with Gasteiger partial charge in [0.1, 0.15) is 0 Å². The molecule has 3 rings (SSSR count). The smallest absolute Gasteiger partial charge is 0.253 e. The van der Waals surface area contributed by atoms with Gasteiger partial charge in [-0.3, -0.25) is 9.59 Å². The molecular weight excluding hydrogens is 338 g/mol. The van der Waals surface area contributed by atoms with E-state index in [-0.39, 0.29) is 11.7 Å². The van der Waals surface area contributed by atoms with Crippen LogP contribution in [-0.4, -0.2) is 29.7 Å². The van der Waals surface area contributed by atoms with Gasteiger partial charge in [0.2, 0.25) is 0 Å². The highest BCUT2D eigenvalue weighted by Crippen LogP contribution is 2.20. The second-order valence-electron chi connectivity index (χ2n) is 6.83. The number of hydrogen-bond acceptors (Lipinski definition) is 4. The van der Waals surface area contributed by atoms with Gasteiger partial charge in [-0.1, -0.05) is 12.1 Å². The fraction of sp³-hybridized carbons (Fsp3) is 0.318. The quantitative estimate of drug-likeness (QED) is 0.817. The van der Waals surface area contributed by atoms with Gasteiger partial charge >= 0.3 is 0 Å². The monoisotopic (exact) mass is 361 g/mol. The van der Waals surface area contributed by atoms with Gasteiger partial charge in [0, 0.05) is 36.4 Å². The number of amides is 1. The molecule has 0 spiro atoms. The summed E-state index contributed by atoms with van der Waals surface area (Å²) in [6, 6.07) is 14.6. The van der Waals surface area contributed by atoms with E-state index in [9.17, 15) is 9.59 Å². The standard InChI is InChI=1S/C22H23N3O2/c1-16(26)20-10-7-18(14-23)13-21(20)24-15-17-5-8-19(9-6-17)22(27)25-11-3-2-4-12-25/h5-10,13,24H,2-4,11-12,15H2,1H3. The number of carbonyl (C=O) groups is 2. The summed E-state index contributed by atoms with van der Waals surface area (Å²) in [5, 5.41) is 12.3. The van der Waals surface area contributed by atoms with Crippen molar-refractivity contribution < 1.29 is 9.59 Å². The third kappa shape index (κ3) is 4.53. The first-order valence-electron chi connectivity index (χ1n) is 9.25. The Hall–Kier alpha value is -3.13. The number of nitrogens with one attached hydrogen (secondary N) is 1. The summed E-state index contributed by atoms with van der Waals surface area (Å²) < 4.78 is 0. The van der Waals surface area contributed by atoms with Crippen molar-refractivity contribution in [2.75, 3.05) is 18.4 Å². The number of rotatable bonds is 5. The van der Waals surface area contributed by atoms with Gasteiger partial charge in [0.25, 0.3) is 5.91 Å². The fourth-order valence-electron chi connectivity index (χ4n) is 3.31. The normalized spacial score (nSPS) is 13.7. The number of carbonyl (C=O) groups excluding carboxylic acids is 2. The highest BCUT2D eigenvalue weighted by atomic mass is 16.2. The minimum Gasteiger partial charge on any atom is -0.380 e. The van der Waals surface area contributed by atoms with E-state index in [0.717, 1.165) is 31.5 Å². The predicted molar refractivity (Wildman–Crippen MR) is 105 cm³/mol. The van der Waals surface area contributed by atoms with Crippen LogP contribution in [0.5, 0.6) is 0 Å². The van der Waals surface area contributed by atoms with Crippen LogP contribution >= 0.6 is 0 Å². The van der Waals surface area contributed by atoms with Crippen LogP contribution in [-0.2, 0) is 6.54 Å². The molecule has 0 radical (unpaired) electrons. The zero-order valence-electron chi connectivity index (χ0n) is 15.5. The zero-order chi connectivity index (χ0) is 19.2. The molecule has 1 aliphatic rings. The van der Waals surface area contributed by atoms with Crippen LogP contribution < -0.4 is 5.32 Å². The molecule has 2 aromatic rings. The highest BCUT2D eigenvalue weighted by Gasteiger charge is 2.17. The van der Waals surface area contributed by atoms with E-state index >= 15 is 0 Å². The maximum atomic E-state index is 12.5. The van der Waals surface area contributed by atoms with E-state index in [1.165, 1.54) is 13.3 Å². The molecule has 1 heterocycles. The van der Waals surface area contributed by atoms with Crippen LogP contribution in [0, 0.1) is 11.3 Å². The van der Waals surface area contributed by atoms with Gasteiger partial charge in [-0.25, -0.2) is 0 Å². The van der Waals surface area contributed by atoms with Gasteiger partial charge in [0.05, 0.1) is 11.6 Å². The van der Waals surface area contributed by atoms with E-state index in [1.807, 2.05) is 29.2 Å². The van der Waals surface area contributed by atoms with E-state index in [2.05, 4.69) is 11.4 Å². The Balaban J connectivity index is 1.68. The highest BCUT2D eigenvalue weighted by molar-refractivity contribution is 5.99. The first-order valence-corrected chi connectivity index (χ1v) is 9.25. The molecular formula is C22H23N3O2. The second-order valence-corrected chi connectivity index (χ2v) is 6.83. The van der Waals surface area contributed by atoms with Gasteiger partial charge in [-0.15, -0.1) is 0 Å². The van der Waals surface area contributed by atoms with Crippen LogP contribution in [0.3, 0.4) is 0 Å². The number of anilines is 1. The zero-order valence-corrected chi connectivity index (χ0v) is 15.5. The minimum atomic E-state index is -0.0514. The molecule has 5 heteroatoms. The molecule has 0 unspecified atom stereocenters. The van der Waals surface area contributed by atoms with Crippen molar-refractivity contribution in [3.05, 3.63) is 64.7 Å². The topological polar surface area (TPSA) is 73.2 Å². The summed E-state index contributed by atoms with van der Waals surface area (Å²) in [4.78, 5) is 26.2. The summed E-state index contributed by atoms with van der Waals surface area (Å²) in [6.07, 6.45) is 3.35. The minimum absolute atomic E-state index is 0.0514. The van der Waals surface area contributed by atoms with Crippen LogP contribution in [0.25, 0.3) is 0 Å². The first-order chi connectivity index (χ1) is 13.1. The summed E-state index contributed by atoms with van der Waals surface area (Å²) in [7, 11) is 0. The largest absolute Gasteiger partial charge is 0.380 e. The number of hydrogen-bond donors (Lipinski definition) is 1. The maximum absolute atomic E-state index is 12.5. The molecule has 138 valence electrons. The Morgan fingerprint density at radius 3 is 2.41 bits per heavy atom. The summed E-state index contributed by atoms with van der Waals surface area (Å²) in [5.74, 6) is 0.0410. The van der Waals surface area contributed by atoms with E-state index in [1.54, 1.807) is 18.2 Å². The first kappa shape index (κ1) is 18.7. The lowest BCUT2D eigenvalue weighted by Gasteiger charge is -2.26. The molecule has 2 aromatic carbocycles. The SMILES string of the molecule is CC(=O)c1ccc(C#N)cc1NCc1ccc(C(=O)N2CCCCC2)cc1. The summed E-state index contributed by atoms with van der Waals surface area (Å²) >= 11 is 0. The van der Waals surface area contributed by atoms with Crippen molar-refractivity contribution in [3.8, 4) is 6.07 Å². The average molecular weight is 361 g/mol. The van der Waals surface area contributed by atoms with Crippen LogP contribution in [0.4, 0.5) is 5.69 Å². The number of nitrogens with zero attached hydrogens (tertiary/aromatic N) is 2. The number of ketones is 1. The molecule has 1 aliphatic heterocycles. The number of piperidine rings is 1. The van der Waals surface area contributed by atoms with Crippen molar-refractivity contribution >= 4 is 17.4 Å². The van der Waals surface area contributed by atoms with Gasteiger partial charge in [-0.2, -0.15) is 5.26 Å². The van der Waals surface area contributed by atoms with Crippen molar-refractivity contribution in [2.24, 2.45) is 0 Å². The molecule has 0 atom stereocenters. The van der Waals surface area contributed by atoms with Crippen molar-refractivity contribution in [2.45, 2.75) is 32.7 Å². The Bertz CT molecular complexity index is 875. The average Bonchev–Trinajstić information content (AvgIpc) is 2.72. The Morgan fingerprint density at radius 1 is 1.07 bits per heavy atom. The maximum Gasteiger partial charge on any atom is 0.253 e. The second kappa shape index (κ2) is 8.50. The fourth-order valence-corrected chi connectivity index (χ4v) is 3.31. The van der Waals surface area contributed by atoms with Crippen molar-refractivity contribution in [3.63, 3.8) is 0 Å². The van der Waals surface area contributed by atoms with Crippen LogP contribution in [0.2, 0.25) is 0 Å². The Kier molecular flexibility index (Phi) is 5.87. The summed E-state index contributed by atoms with van der Waals surface area (Å²) in [6.45, 7) is 3.69. The third-order valence-electron chi connectivity index (χ3n) is 4.86. The van der Waals surface area contributed by atoms with Crippen molar-refractivity contribution in [1.82, 2.24) is 4.90 Å². The molecule has 1 saturated heterocycles. The molecule has 1 fully saturated rings. The van der Waals surface area contributed by atoms with E-state index in [0.29, 0.717) is 28.9 Å². The number of benzene rings is 2. The molecule has 0 aliphatic carbocycles. The number of Topliss-reactive ketones (excluding diaryl/α,β-unsaturated/α-hetero) is 1. The lowest BCUT2D eigenvalue weighted by Crippen LogP contribution is -2.35. The van der Waals surface area contributed by atoms with Gasteiger partial charge in [0.15, 0.2) is 5.78 Å². The van der Waals surface area contributed by atoms with Crippen molar-refractivity contribution in [1.29, 1.82) is 5.26 Å². The summed E-state index contributed by atoms with van der Waals surface area (Å²) in [5.41, 5.74) is 3.42. The van der Waals surface area contributed by atoms with Gasteiger partial charge < -0.3 is 10.2 Å². The van der Waals surface area contributed by atoms with Crippen LogP contribution in [0.1, 0.15) is 58.0 Å². The Morgan fingerprint density at radius 2 is 1.78 bits per heavy atom. The predicted octanol–water partition coefficient (Wildman–Crippen LogP) is 4.00. The lowest BCUT2D eigenvalue weighted by atomic mass is 10.1. The molecule has 27 heavy (non-hydrogen) atoms. The van der Waals surface area contributed by atoms with E-state index < -0.39 is 0 Å². The van der Waals surface area contributed by atoms with Gasteiger partial charge in [-0.05, 0) is 62.1 Å².